The number of rotatable bonds is 6. The molecule has 0 radical (unpaired) electrons. The van der Waals surface area contributed by atoms with Crippen LogP contribution < -0.4 is 10.0 Å². The molecule has 0 saturated carbocycles. The number of sulfonamides is 1. The van der Waals surface area contributed by atoms with Crippen LogP contribution in [0.15, 0.2) is 23.2 Å². The molecule has 108 valence electrons. The quantitative estimate of drug-likeness (QED) is 0.845. The van der Waals surface area contributed by atoms with E-state index in [4.69, 9.17) is 0 Å². The van der Waals surface area contributed by atoms with Crippen LogP contribution in [-0.4, -0.2) is 29.3 Å². The van der Waals surface area contributed by atoms with Crippen LogP contribution in [0.25, 0.3) is 0 Å². The Morgan fingerprint density at radius 1 is 1.40 bits per heavy atom. The maximum atomic E-state index is 12.3. The molecule has 0 amide bonds. The Morgan fingerprint density at radius 3 is 2.85 bits per heavy atom. The molecule has 7 nitrogen and oxygen atoms in total. The van der Waals surface area contributed by atoms with Gasteiger partial charge in [0.25, 0.3) is 10.0 Å². The molecule has 2 rings (SSSR count). The van der Waals surface area contributed by atoms with Crippen LogP contribution in [0.4, 0.5) is 10.9 Å². The summed E-state index contributed by atoms with van der Waals surface area (Å²) in [5, 5.41) is 3.24. The second-order valence-electron chi connectivity index (χ2n) is 4.03. The van der Waals surface area contributed by atoms with Gasteiger partial charge in [-0.3, -0.25) is 4.72 Å². The molecule has 0 atom stereocenters. The van der Waals surface area contributed by atoms with Crippen molar-refractivity contribution in [3.63, 3.8) is 0 Å². The second-order valence-corrected chi connectivity index (χ2v) is 6.43. The van der Waals surface area contributed by atoms with E-state index in [0.29, 0.717) is 18.2 Å². The number of aryl methyl sites for hydroxylation is 1. The molecule has 2 heterocycles. The second kappa shape index (κ2) is 6.14. The summed E-state index contributed by atoms with van der Waals surface area (Å²) < 4.78 is 31.0. The van der Waals surface area contributed by atoms with Crippen molar-refractivity contribution in [1.29, 1.82) is 0 Å². The summed E-state index contributed by atoms with van der Waals surface area (Å²) >= 11 is 1.00. The fourth-order valence-electron chi connectivity index (χ4n) is 1.49. The molecule has 0 aliphatic heterocycles. The summed E-state index contributed by atoms with van der Waals surface area (Å²) in [4.78, 5) is 8.15. The minimum absolute atomic E-state index is 0.0984. The van der Waals surface area contributed by atoms with Crippen molar-refractivity contribution in [3.05, 3.63) is 24.2 Å². The van der Waals surface area contributed by atoms with Crippen molar-refractivity contribution in [2.75, 3.05) is 16.6 Å². The first-order valence-electron chi connectivity index (χ1n) is 6.05. The van der Waals surface area contributed by atoms with E-state index >= 15 is 0 Å². The molecule has 0 spiro atoms. The number of hydrogen-bond donors (Lipinski definition) is 2. The van der Waals surface area contributed by atoms with Gasteiger partial charge < -0.3 is 5.32 Å². The minimum Gasteiger partial charge on any atom is -0.369 e. The van der Waals surface area contributed by atoms with Gasteiger partial charge in [-0.2, -0.15) is 4.37 Å². The van der Waals surface area contributed by atoms with E-state index < -0.39 is 10.0 Å². The molecule has 9 heteroatoms. The molecule has 2 aromatic heterocycles. The van der Waals surface area contributed by atoms with Gasteiger partial charge in [0.15, 0.2) is 0 Å². The molecule has 0 unspecified atom stereocenters. The van der Waals surface area contributed by atoms with E-state index in [0.717, 1.165) is 18.0 Å². The Hall–Kier alpha value is -1.74. The Balaban J connectivity index is 2.29. The van der Waals surface area contributed by atoms with Crippen LogP contribution in [0.1, 0.15) is 19.2 Å². The number of nitrogens with zero attached hydrogens (tertiary/aromatic N) is 3. The van der Waals surface area contributed by atoms with Crippen LogP contribution in [0.3, 0.4) is 0 Å². The van der Waals surface area contributed by atoms with Crippen LogP contribution in [0, 0.1) is 6.92 Å². The van der Waals surface area contributed by atoms with Gasteiger partial charge in [0.1, 0.15) is 16.5 Å². The van der Waals surface area contributed by atoms with Gasteiger partial charge in [-0.05, 0) is 25.5 Å². The third-order valence-electron chi connectivity index (χ3n) is 2.35. The Labute approximate surface area is 121 Å². The lowest BCUT2D eigenvalue weighted by atomic mass is 10.4. The molecular formula is C11H15N5O2S2. The molecule has 0 fully saturated rings. The van der Waals surface area contributed by atoms with Crippen LogP contribution in [-0.2, 0) is 10.0 Å². The highest BCUT2D eigenvalue weighted by atomic mass is 32.2. The smallest absolute Gasteiger partial charge is 0.267 e. The predicted molar refractivity (Wildman–Crippen MR) is 78.5 cm³/mol. The zero-order chi connectivity index (χ0) is 14.6. The van der Waals surface area contributed by atoms with Crippen molar-refractivity contribution >= 4 is 32.5 Å². The fraction of sp³-hybridized carbons (Fsp3) is 0.364. The first kappa shape index (κ1) is 14.7. The van der Waals surface area contributed by atoms with Crippen molar-refractivity contribution in [1.82, 2.24) is 14.3 Å². The lowest BCUT2D eigenvalue weighted by Gasteiger charge is -2.10. The first-order chi connectivity index (χ1) is 9.53. The Bertz CT molecular complexity index is 684. The van der Waals surface area contributed by atoms with Gasteiger partial charge in [-0.1, -0.05) is 6.92 Å². The monoisotopic (exact) mass is 313 g/mol. The Morgan fingerprint density at radius 2 is 2.20 bits per heavy atom. The number of pyridine rings is 1. The molecule has 0 saturated heterocycles. The average Bonchev–Trinajstić information content (AvgIpc) is 2.81. The molecule has 2 aromatic rings. The molecular weight excluding hydrogens is 298 g/mol. The fourth-order valence-corrected chi connectivity index (χ4v) is 3.43. The summed E-state index contributed by atoms with van der Waals surface area (Å²) in [6.45, 7) is 4.34. The summed E-state index contributed by atoms with van der Waals surface area (Å²) in [6, 6.07) is 3.08. The summed E-state index contributed by atoms with van der Waals surface area (Å²) in [7, 11) is -3.73. The summed E-state index contributed by atoms with van der Waals surface area (Å²) in [5.74, 6) is 0.867. The lowest BCUT2D eigenvalue weighted by Crippen LogP contribution is -2.16. The van der Waals surface area contributed by atoms with E-state index in [9.17, 15) is 8.42 Å². The van der Waals surface area contributed by atoms with E-state index in [1.54, 1.807) is 19.2 Å². The zero-order valence-corrected chi connectivity index (χ0v) is 12.8. The number of aromatic nitrogens is 3. The number of anilines is 2. The molecule has 20 heavy (non-hydrogen) atoms. The topological polar surface area (TPSA) is 96.9 Å². The molecule has 0 bridgehead atoms. The largest absolute Gasteiger partial charge is 0.369 e. The summed E-state index contributed by atoms with van der Waals surface area (Å²) in [6.07, 6.45) is 2.42. The highest BCUT2D eigenvalue weighted by Gasteiger charge is 2.20. The standard InChI is InChI=1S/C11H15N5O2S2/c1-3-6-12-10-9(5-4-7-13-10)20(17,18)16-11-14-8(2)15-19-11/h4-5,7H,3,6H2,1-2H3,(H,12,13)(H,14,15,16). The van der Waals surface area contributed by atoms with Gasteiger partial charge in [0, 0.05) is 24.3 Å². The Kier molecular flexibility index (Phi) is 4.50. The molecule has 0 aliphatic rings. The van der Waals surface area contributed by atoms with Gasteiger partial charge in [0.05, 0.1) is 0 Å². The number of hydrogen-bond acceptors (Lipinski definition) is 7. The third kappa shape index (κ3) is 3.42. The predicted octanol–water partition coefficient (Wildman–Crippen LogP) is 1.86. The first-order valence-corrected chi connectivity index (χ1v) is 8.30. The van der Waals surface area contributed by atoms with E-state index in [2.05, 4.69) is 24.4 Å². The van der Waals surface area contributed by atoms with E-state index in [-0.39, 0.29) is 10.0 Å². The molecule has 0 aromatic carbocycles. The van der Waals surface area contributed by atoms with E-state index in [1.165, 1.54) is 6.07 Å². The van der Waals surface area contributed by atoms with Gasteiger partial charge in [0.2, 0.25) is 5.13 Å². The normalized spacial score (nSPS) is 11.3. The van der Waals surface area contributed by atoms with Gasteiger partial charge in [-0.15, -0.1) is 0 Å². The van der Waals surface area contributed by atoms with Gasteiger partial charge in [-0.25, -0.2) is 18.4 Å². The lowest BCUT2D eigenvalue weighted by molar-refractivity contribution is 0.601. The van der Waals surface area contributed by atoms with Crippen molar-refractivity contribution in [2.24, 2.45) is 0 Å². The van der Waals surface area contributed by atoms with E-state index in [1.807, 2.05) is 6.92 Å². The third-order valence-corrected chi connectivity index (χ3v) is 4.57. The van der Waals surface area contributed by atoms with Crippen molar-refractivity contribution < 1.29 is 8.42 Å². The summed E-state index contributed by atoms with van der Waals surface area (Å²) in [5.41, 5.74) is 0. The molecule has 2 N–H and O–H groups in total. The average molecular weight is 313 g/mol. The maximum absolute atomic E-state index is 12.3. The zero-order valence-electron chi connectivity index (χ0n) is 11.1. The van der Waals surface area contributed by atoms with Crippen LogP contribution >= 0.6 is 11.5 Å². The SMILES string of the molecule is CCCNc1ncccc1S(=O)(=O)Nc1nc(C)ns1. The number of nitrogens with one attached hydrogen (secondary N) is 2. The molecule has 0 aliphatic carbocycles. The van der Waals surface area contributed by atoms with Gasteiger partial charge >= 0.3 is 0 Å². The van der Waals surface area contributed by atoms with Crippen LogP contribution in [0.2, 0.25) is 0 Å². The van der Waals surface area contributed by atoms with Crippen molar-refractivity contribution in [2.45, 2.75) is 25.2 Å². The minimum atomic E-state index is -3.73. The van der Waals surface area contributed by atoms with Crippen molar-refractivity contribution in [3.8, 4) is 0 Å². The highest BCUT2D eigenvalue weighted by molar-refractivity contribution is 7.93. The van der Waals surface area contributed by atoms with Crippen LogP contribution in [0.5, 0.6) is 0 Å². The maximum Gasteiger partial charge on any atom is 0.267 e. The highest BCUT2D eigenvalue weighted by Crippen LogP contribution is 2.22.